The van der Waals surface area contributed by atoms with Gasteiger partial charge in [-0.2, -0.15) is 0 Å². The fourth-order valence-corrected chi connectivity index (χ4v) is 7.40. The number of carbonyl (C=O) groups is 1. The van der Waals surface area contributed by atoms with Gasteiger partial charge in [-0.25, -0.2) is 0 Å². The standard InChI is InChI=1S/C51H66O6/c1-2-3-4-5-6-7-8-9-10-11-12-13-26-35-48(52)54-41-46-36-47(53-37-42-27-18-14-19-28-42)50(56-39-44-31-22-16-23-32-44)51(57-40-45-33-24-17-25-34-45)49(46)55-38-43-29-20-15-21-30-43/h14-25,27-34,36,47,49-51H,2-13,26,35,37-41H2,1H3/t47-,49-,50+,51+/m0/s1. The van der Waals surface area contributed by atoms with Gasteiger partial charge in [-0.05, 0) is 40.3 Å². The van der Waals surface area contributed by atoms with E-state index in [4.69, 9.17) is 23.7 Å². The van der Waals surface area contributed by atoms with Gasteiger partial charge in [-0.1, -0.05) is 205 Å². The molecule has 1 aliphatic carbocycles. The Morgan fingerprint density at radius 2 is 0.825 bits per heavy atom. The highest BCUT2D eigenvalue weighted by Crippen LogP contribution is 2.32. The highest BCUT2D eigenvalue weighted by atomic mass is 16.6. The van der Waals surface area contributed by atoms with Crippen LogP contribution in [-0.4, -0.2) is 37.0 Å². The molecule has 4 aromatic carbocycles. The van der Waals surface area contributed by atoms with Crippen LogP contribution < -0.4 is 0 Å². The molecular weight excluding hydrogens is 709 g/mol. The molecule has 0 spiro atoms. The summed E-state index contributed by atoms with van der Waals surface area (Å²) in [4.78, 5) is 13.2. The summed E-state index contributed by atoms with van der Waals surface area (Å²) in [6.45, 7) is 3.86. The maximum absolute atomic E-state index is 13.2. The average Bonchev–Trinajstić information content (AvgIpc) is 3.26. The molecule has 1 aliphatic rings. The molecule has 57 heavy (non-hydrogen) atoms. The van der Waals surface area contributed by atoms with Crippen molar-refractivity contribution >= 4 is 5.97 Å². The number of benzene rings is 4. The normalized spacial score (nSPS) is 17.9. The summed E-state index contributed by atoms with van der Waals surface area (Å²) >= 11 is 0. The molecule has 5 rings (SSSR count). The van der Waals surface area contributed by atoms with E-state index in [0.29, 0.717) is 32.8 Å². The van der Waals surface area contributed by atoms with Gasteiger partial charge < -0.3 is 23.7 Å². The Hall–Kier alpha value is -4.07. The summed E-state index contributed by atoms with van der Waals surface area (Å²) in [5, 5.41) is 0. The first-order chi connectivity index (χ1) is 28.2. The first kappa shape index (κ1) is 44.0. The minimum Gasteiger partial charge on any atom is -0.461 e. The summed E-state index contributed by atoms with van der Waals surface area (Å²) < 4.78 is 33.1. The molecule has 4 aromatic rings. The quantitative estimate of drug-likeness (QED) is 0.0325. The molecule has 0 aromatic heterocycles. The van der Waals surface area contributed by atoms with Gasteiger partial charge in [-0.15, -0.1) is 0 Å². The highest BCUT2D eigenvalue weighted by Gasteiger charge is 2.44. The Bertz CT molecular complexity index is 1640. The highest BCUT2D eigenvalue weighted by molar-refractivity contribution is 5.69. The third-order valence-electron chi connectivity index (χ3n) is 10.7. The molecule has 6 heteroatoms. The molecule has 0 bridgehead atoms. The summed E-state index contributed by atoms with van der Waals surface area (Å²) in [5.41, 5.74) is 5.02. The van der Waals surface area contributed by atoms with Crippen molar-refractivity contribution in [2.45, 2.75) is 148 Å². The van der Waals surface area contributed by atoms with Gasteiger partial charge in [0.05, 0.1) is 26.4 Å². The second-order valence-electron chi connectivity index (χ2n) is 15.4. The summed E-state index contributed by atoms with van der Waals surface area (Å²) in [6, 6.07) is 40.6. The lowest BCUT2D eigenvalue weighted by Crippen LogP contribution is -2.53. The monoisotopic (exact) mass is 774 g/mol. The van der Waals surface area contributed by atoms with Crippen molar-refractivity contribution in [1.82, 2.24) is 0 Å². The molecule has 0 N–H and O–H groups in total. The van der Waals surface area contributed by atoms with Crippen LogP contribution in [0.3, 0.4) is 0 Å². The Labute approximate surface area is 342 Å². The lowest BCUT2D eigenvalue weighted by molar-refractivity contribution is -0.183. The van der Waals surface area contributed by atoms with Crippen LogP contribution in [0.1, 0.15) is 119 Å². The Morgan fingerprint density at radius 1 is 0.439 bits per heavy atom. The maximum atomic E-state index is 13.2. The van der Waals surface area contributed by atoms with Crippen molar-refractivity contribution in [3.63, 3.8) is 0 Å². The lowest BCUT2D eigenvalue weighted by atomic mass is 9.88. The molecule has 6 nitrogen and oxygen atoms in total. The van der Waals surface area contributed by atoms with Crippen LogP contribution in [0.4, 0.5) is 0 Å². The van der Waals surface area contributed by atoms with E-state index in [0.717, 1.165) is 47.1 Å². The van der Waals surface area contributed by atoms with Crippen LogP contribution in [0.2, 0.25) is 0 Å². The molecule has 4 atom stereocenters. The van der Waals surface area contributed by atoms with E-state index >= 15 is 0 Å². The van der Waals surface area contributed by atoms with Crippen LogP contribution in [0.15, 0.2) is 133 Å². The van der Waals surface area contributed by atoms with E-state index in [-0.39, 0.29) is 12.6 Å². The largest absolute Gasteiger partial charge is 0.461 e. The van der Waals surface area contributed by atoms with E-state index in [1.165, 1.54) is 64.2 Å². The van der Waals surface area contributed by atoms with E-state index in [9.17, 15) is 4.79 Å². The predicted molar refractivity (Wildman–Crippen MR) is 229 cm³/mol. The van der Waals surface area contributed by atoms with Gasteiger partial charge in [-0.3, -0.25) is 4.79 Å². The van der Waals surface area contributed by atoms with E-state index < -0.39 is 24.4 Å². The van der Waals surface area contributed by atoms with Crippen molar-refractivity contribution < 1.29 is 28.5 Å². The number of ether oxygens (including phenoxy) is 5. The average molecular weight is 775 g/mol. The number of esters is 1. The second-order valence-corrected chi connectivity index (χ2v) is 15.4. The van der Waals surface area contributed by atoms with Crippen LogP contribution in [-0.2, 0) is 54.9 Å². The van der Waals surface area contributed by atoms with Gasteiger partial charge in [0.2, 0.25) is 0 Å². The molecule has 306 valence electrons. The molecule has 0 heterocycles. The predicted octanol–water partition coefficient (Wildman–Crippen LogP) is 12.3. The van der Waals surface area contributed by atoms with Crippen LogP contribution in [0.25, 0.3) is 0 Å². The van der Waals surface area contributed by atoms with Gasteiger partial charge in [0.25, 0.3) is 0 Å². The molecular formula is C51H66O6. The van der Waals surface area contributed by atoms with Crippen molar-refractivity contribution in [2.75, 3.05) is 6.61 Å². The summed E-state index contributed by atoms with van der Waals surface area (Å²) in [7, 11) is 0. The number of rotatable bonds is 28. The van der Waals surface area contributed by atoms with Crippen LogP contribution >= 0.6 is 0 Å². The minimum atomic E-state index is -0.557. The zero-order valence-corrected chi connectivity index (χ0v) is 34.3. The molecule has 0 amide bonds. The van der Waals surface area contributed by atoms with Crippen molar-refractivity contribution in [1.29, 1.82) is 0 Å². The molecule has 0 fully saturated rings. The first-order valence-corrected chi connectivity index (χ1v) is 21.7. The van der Waals surface area contributed by atoms with Crippen molar-refractivity contribution in [3.8, 4) is 0 Å². The Balaban J connectivity index is 1.26. The second kappa shape index (κ2) is 26.8. The number of hydrogen-bond donors (Lipinski definition) is 0. The van der Waals surface area contributed by atoms with Gasteiger partial charge >= 0.3 is 5.97 Å². The van der Waals surface area contributed by atoms with Crippen LogP contribution in [0, 0.1) is 0 Å². The molecule has 0 aliphatic heterocycles. The maximum Gasteiger partial charge on any atom is 0.306 e. The topological polar surface area (TPSA) is 63.2 Å². The van der Waals surface area contributed by atoms with Crippen molar-refractivity contribution in [2.24, 2.45) is 0 Å². The fourth-order valence-electron chi connectivity index (χ4n) is 7.40. The minimum absolute atomic E-state index is 0.0958. The molecule has 0 unspecified atom stereocenters. The zero-order chi connectivity index (χ0) is 39.6. The van der Waals surface area contributed by atoms with Gasteiger partial charge in [0, 0.05) is 6.42 Å². The SMILES string of the molecule is CCCCCCCCCCCCCCCC(=O)OCC1=C[C@H](OCc2ccccc2)[C@@H](OCc2ccccc2)[C@H](OCc2ccccc2)[C@H]1OCc1ccccc1. The number of carbonyl (C=O) groups excluding carboxylic acids is 1. The van der Waals surface area contributed by atoms with E-state index in [1.807, 2.05) is 72.8 Å². The van der Waals surface area contributed by atoms with Gasteiger partial charge in [0.1, 0.15) is 31.0 Å². The summed E-state index contributed by atoms with van der Waals surface area (Å²) in [6.07, 6.45) is 16.8. The summed E-state index contributed by atoms with van der Waals surface area (Å²) in [5.74, 6) is -0.188. The molecule has 0 saturated heterocycles. The van der Waals surface area contributed by atoms with Crippen molar-refractivity contribution in [3.05, 3.63) is 155 Å². The van der Waals surface area contributed by atoms with E-state index in [1.54, 1.807) is 0 Å². The smallest absolute Gasteiger partial charge is 0.306 e. The van der Waals surface area contributed by atoms with Crippen LogP contribution in [0.5, 0.6) is 0 Å². The first-order valence-electron chi connectivity index (χ1n) is 21.7. The molecule has 0 saturated carbocycles. The third kappa shape index (κ3) is 16.7. The number of unbranched alkanes of at least 4 members (excludes halogenated alkanes) is 12. The number of hydrogen-bond acceptors (Lipinski definition) is 6. The van der Waals surface area contributed by atoms with Gasteiger partial charge in [0.15, 0.2) is 0 Å². The zero-order valence-electron chi connectivity index (χ0n) is 34.3. The Morgan fingerprint density at radius 3 is 1.28 bits per heavy atom. The Kier molecular flexibility index (Phi) is 20.7. The fraction of sp³-hybridized carbons (Fsp3) is 0.471. The third-order valence-corrected chi connectivity index (χ3v) is 10.7. The lowest BCUT2D eigenvalue weighted by Gasteiger charge is -2.41. The van der Waals surface area contributed by atoms with E-state index in [2.05, 4.69) is 61.5 Å². The molecule has 0 radical (unpaired) electrons.